The summed E-state index contributed by atoms with van der Waals surface area (Å²) in [5.41, 5.74) is 1.30. The molecule has 0 saturated carbocycles. The number of rotatable bonds is 5. The average Bonchev–Trinajstić information content (AvgIpc) is 2.05. The summed E-state index contributed by atoms with van der Waals surface area (Å²) in [6, 6.07) is 0. The Morgan fingerprint density at radius 3 is 1.92 bits per heavy atom. The molecule has 0 radical (unpaired) electrons. The molecule has 0 spiro atoms. The van der Waals surface area contributed by atoms with E-state index in [9.17, 15) is 0 Å². The summed E-state index contributed by atoms with van der Waals surface area (Å²) in [6.45, 7) is 13.2. The zero-order valence-electron chi connectivity index (χ0n) is 9.79. The smallest absolute Gasteiger partial charge is 0.0954 e. The topological polar surface area (TPSA) is 9.23 Å². The fourth-order valence-corrected chi connectivity index (χ4v) is 3.38. The fraction of sp³-hybridized carbons (Fsp3) is 0.818. The van der Waals surface area contributed by atoms with Crippen LogP contribution in [0.25, 0.3) is 0 Å². The predicted molar refractivity (Wildman–Crippen MR) is 62.3 cm³/mol. The van der Waals surface area contributed by atoms with Crippen LogP contribution < -0.4 is 0 Å². The normalized spacial score (nSPS) is 13.2. The second kappa shape index (κ2) is 6.43. The van der Waals surface area contributed by atoms with Gasteiger partial charge >= 0.3 is 0 Å². The average molecular weight is 202 g/mol. The first-order valence-corrected chi connectivity index (χ1v) is 6.54. The number of hydrogen-bond donors (Lipinski definition) is 0. The largest absolute Gasteiger partial charge is 0.478 e. The lowest BCUT2D eigenvalue weighted by molar-refractivity contribution is 0.440. The molecule has 0 aliphatic heterocycles. The molecule has 13 heavy (non-hydrogen) atoms. The maximum atomic E-state index is 6.00. The van der Waals surface area contributed by atoms with Crippen LogP contribution in [0.15, 0.2) is 11.8 Å². The first-order chi connectivity index (χ1) is 6.02. The molecule has 0 unspecified atom stereocenters. The van der Waals surface area contributed by atoms with E-state index >= 15 is 0 Å². The van der Waals surface area contributed by atoms with Crippen LogP contribution in [0, 0.1) is 0 Å². The third-order valence-electron chi connectivity index (χ3n) is 1.91. The molecule has 0 N–H and O–H groups in total. The van der Waals surface area contributed by atoms with Crippen molar-refractivity contribution in [3.05, 3.63) is 11.8 Å². The molecule has 0 aliphatic carbocycles. The van der Waals surface area contributed by atoms with E-state index in [0.29, 0.717) is 11.3 Å². The van der Waals surface area contributed by atoms with Gasteiger partial charge in [0.25, 0.3) is 0 Å². The molecule has 0 saturated heterocycles. The van der Waals surface area contributed by atoms with Gasteiger partial charge in [-0.05, 0) is 13.0 Å². The molecule has 0 bridgehead atoms. The van der Waals surface area contributed by atoms with Crippen molar-refractivity contribution in [1.82, 2.24) is 0 Å². The van der Waals surface area contributed by atoms with Crippen molar-refractivity contribution in [1.29, 1.82) is 0 Å². The minimum atomic E-state index is -0.298. The number of allylic oxidation sites excluding steroid dienone is 2. The van der Waals surface area contributed by atoms with Gasteiger partial charge in [0.2, 0.25) is 0 Å². The molecule has 0 amide bonds. The second-order valence-corrected chi connectivity index (χ2v) is 6.72. The highest BCUT2D eigenvalue weighted by Gasteiger charge is 2.19. The summed E-state index contributed by atoms with van der Waals surface area (Å²) < 4.78 is 6.00. The van der Waals surface area contributed by atoms with Crippen LogP contribution in [0.3, 0.4) is 0 Å². The summed E-state index contributed by atoms with van der Waals surface area (Å²) in [6.07, 6.45) is 3.09. The van der Waals surface area contributed by atoms with Crippen LogP contribution in [-0.2, 0) is 4.52 Å². The Labute approximate surface area is 84.4 Å². The minimum Gasteiger partial charge on any atom is -0.478 e. The minimum absolute atomic E-state index is 0.298. The Hall–Kier alpha value is -0.0300. The van der Waals surface area contributed by atoms with E-state index in [-0.39, 0.29) is 8.15 Å². The molecule has 0 atom stereocenters. The van der Waals surface area contributed by atoms with Gasteiger partial charge in [-0.1, -0.05) is 34.6 Å². The molecule has 0 aromatic heterocycles. The van der Waals surface area contributed by atoms with E-state index in [1.165, 1.54) is 0 Å². The van der Waals surface area contributed by atoms with Gasteiger partial charge < -0.3 is 4.52 Å². The van der Waals surface area contributed by atoms with Gasteiger partial charge in [0.05, 0.1) is 13.9 Å². The molecular weight excluding hydrogens is 179 g/mol. The van der Waals surface area contributed by atoms with Crippen LogP contribution >= 0.6 is 8.15 Å². The molecule has 2 heteroatoms. The molecule has 0 aromatic carbocycles. The van der Waals surface area contributed by atoms with Crippen LogP contribution in [0.1, 0.15) is 48.0 Å². The standard InChI is InChI=1S/C11H23OP/c1-7-11(8-2)12-13(9(3)4)10(5)6/h7,9-10H,8H2,1-6H3/b11-7+. The summed E-state index contributed by atoms with van der Waals surface area (Å²) in [4.78, 5) is 0. The summed E-state index contributed by atoms with van der Waals surface area (Å²) in [7, 11) is -0.298. The molecular formula is C11H23OP. The van der Waals surface area contributed by atoms with Crippen molar-refractivity contribution in [2.45, 2.75) is 59.3 Å². The van der Waals surface area contributed by atoms with Crippen LogP contribution in [0.2, 0.25) is 0 Å². The Morgan fingerprint density at radius 2 is 1.69 bits per heavy atom. The Morgan fingerprint density at radius 1 is 1.23 bits per heavy atom. The highest BCUT2D eigenvalue weighted by Crippen LogP contribution is 2.49. The molecule has 0 rings (SSSR count). The highest BCUT2D eigenvalue weighted by atomic mass is 31.1. The van der Waals surface area contributed by atoms with Gasteiger partial charge in [-0.15, -0.1) is 0 Å². The fourth-order valence-electron chi connectivity index (χ4n) is 1.26. The van der Waals surface area contributed by atoms with Gasteiger partial charge in [-0.25, -0.2) is 0 Å². The molecule has 78 valence electrons. The van der Waals surface area contributed by atoms with Gasteiger partial charge in [-0.2, -0.15) is 0 Å². The van der Waals surface area contributed by atoms with Gasteiger partial charge in [0, 0.05) is 17.7 Å². The van der Waals surface area contributed by atoms with Crippen molar-refractivity contribution in [3.63, 3.8) is 0 Å². The molecule has 0 aromatic rings. The van der Waals surface area contributed by atoms with E-state index in [0.717, 1.165) is 12.2 Å². The van der Waals surface area contributed by atoms with Crippen LogP contribution in [-0.4, -0.2) is 11.3 Å². The van der Waals surface area contributed by atoms with Crippen molar-refractivity contribution in [2.24, 2.45) is 0 Å². The van der Waals surface area contributed by atoms with Crippen LogP contribution in [0.4, 0.5) is 0 Å². The lowest BCUT2D eigenvalue weighted by atomic mass is 10.4. The van der Waals surface area contributed by atoms with Crippen molar-refractivity contribution < 1.29 is 4.52 Å². The third kappa shape index (κ3) is 4.67. The highest BCUT2D eigenvalue weighted by molar-refractivity contribution is 7.54. The van der Waals surface area contributed by atoms with E-state index < -0.39 is 0 Å². The van der Waals surface area contributed by atoms with E-state index in [2.05, 4.69) is 40.7 Å². The summed E-state index contributed by atoms with van der Waals surface area (Å²) >= 11 is 0. The zero-order valence-corrected chi connectivity index (χ0v) is 10.7. The maximum Gasteiger partial charge on any atom is 0.0954 e. The predicted octanol–water partition coefficient (Wildman–Crippen LogP) is 4.53. The molecule has 1 nitrogen and oxygen atoms in total. The number of hydrogen-bond acceptors (Lipinski definition) is 1. The van der Waals surface area contributed by atoms with Gasteiger partial charge in [-0.3, -0.25) is 0 Å². The molecule has 0 fully saturated rings. The maximum absolute atomic E-state index is 6.00. The Kier molecular flexibility index (Phi) is 6.41. The van der Waals surface area contributed by atoms with Crippen molar-refractivity contribution in [2.75, 3.05) is 0 Å². The van der Waals surface area contributed by atoms with E-state index in [1.54, 1.807) is 0 Å². The third-order valence-corrected chi connectivity index (χ3v) is 4.39. The molecule has 0 heterocycles. The Balaban J connectivity index is 4.25. The van der Waals surface area contributed by atoms with Gasteiger partial charge in [0.1, 0.15) is 0 Å². The lowest BCUT2D eigenvalue weighted by Gasteiger charge is -2.26. The van der Waals surface area contributed by atoms with Crippen LogP contribution in [0.5, 0.6) is 0 Å². The monoisotopic (exact) mass is 202 g/mol. The zero-order chi connectivity index (χ0) is 10.4. The van der Waals surface area contributed by atoms with Gasteiger partial charge in [0.15, 0.2) is 0 Å². The summed E-state index contributed by atoms with van der Waals surface area (Å²) in [5.74, 6) is 1.15. The first-order valence-electron chi connectivity index (χ1n) is 5.14. The van der Waals surface area contributed by atoms with Crippen molar-refractivity contribution in [3.8, 4) is 0 Å². The first kappa shape index (κ1) is 13.0. The quantitative estimate of drug-likeness (QED) is 0.470. The van der Waals surface area contributed by atoms with Crippen molar-refractivity contribution >= 4 is 8.15 Å². The van der Waals surface area contributed by atoms with E-state index in [1.807, 2.05) is 6.92 Å². The second-order valence-electron chi connectivity index (χ2n) is 3.75. The lowest BCUT2D eigenvalue weighted by Crippen LogP contribution is -2.06. The SMILES string of the molecule is C/C=C(\CC)OP(C(C)C)C(C)C. The van der Waals surface area contributed by atoms with E-state index in [4.69, 9.17) is 4.52 Å². The molecule has 0 aliphatic rings. The summed E-state index contributed by atoms with van der Waals surface area (Å²) in [5, 5.41) is 0. The Bertz CT molecular complexity index is 153.